The van der Waals surface area contributed by atoms with Crippen LogP contribution in [0.25, 0.3) is 10.2 Å². The molecule has 0 radical (unpaired) electrons. The van der Waals surface area contributed by atoms with Crippen molar-refractivity contribution in [3.63, 3.8) is 0 Å². The maximum Gasteiger partial charge on any atom is 0.279 e. The van der Waals surface area contributed by atoms with E-state index in [1.165, 1.54) is 11.3 Å². The average molecular weight is 393 g/mol. The topological polar surface area (TPSA) is 34.4 Å². The van der Waals surface area contributed by atoms with Crippen LogP contribution in [0.5, 0.6) is 0 Å². The number of aromatic nitrogens is 1. The Balaban J connectivity index is 2.03. The van der Waals surface area contributed by atoms with Crippen LogP contribution in [-0.2, 0) is 7.05 Å². The fraction of sp³-hybridized carbons (Fsp3) is 0.125. The third kappa shape index (κ3) is 3.04. The molecule has 0 N–H and O–H groups in total. The molecule has 0 atom stereocenters. The van der Waals surface area contributed by atoms with Crippen LogP contribution in [-0.4, -0.2) is 16.7 Å². The highest BCUT2D eigenvalue weighted by Crippen LogP contribution is 2.21. The van der Waals surface area contributed by atoms with Crippen molar-refractivity contribution in [2.75, 3.05) is 6.26 Å². The first kappa shape index (κ1) is 15.5. The van der Waals surface area contributed by atoms with Gasteiger partial charge in [0.25, 0.3) is 5.91 Å². The highest BCUT2D eigenvalue weighted by Gasteiger charge is 2.07. The Kier molecular flexibility index (Phi) is 4.52. The third-order valence-electron chi connectivity index (χ3n) is 3.31. The Bertz CT molecular complexity index is 910. The fourth-order valence-corrected chi connectivity index (χ4v) is 4.08. The van der Waals surface area contributed by atoms with Crippen molar-refractivity contribution in [2.24, 2.45) is 12.0 Å². The largest absolute Gasteiger partial charge is 0.319 e. The van der Waals surface area contributed by atoms with E-state index in [2.05, 4.69) is 20.9 Å². The minimum Gasteiger partial charge on any atom is -0.319 e. The van der Waals surface area contributed by atoms with Gasteiger partial charge in [0.2, 0.25) is 0 Å². The summed E-state index contributed by atoms with van der Waals surface area (Å²) in [6.07, 6.45) is 2.01. The number of amides is 1. The smallest absolute Gasteiger partial charge is 0.279 e. The first-order valence-corrected chi connectivity index (χ1v) is 9.40. The standard InChI is InChI=1S/C16H13BrN2OS2/c1-19-13-8-5-11(17)9-14(13)22-16(19)18-15(20)10-3-6-12(21-2)7-4-10/h3-9H,1-2H3. The minimum absolute atomic E-state index is 0.214. The minimum atomic E-state index is -0.214. The number of halogens is 1. The molecule has 1 heterocycles. The van der Waals surface area contributed by atoms with Crippen molar-refractivity contribution in [3.05, 3.63) is 57.3 Å². The van der Waals surface area contributed by atoms with Crippen molar-refractivity contribution in [2.45, 2.75) is 4.90 Å². The van der Waals surface area contributed by atoms with Crippen molar-refractivity contribution < 1.29 is 4.79 Å². The molecular weight excluding hydrogens is 380 g/mol. The molecule has 0 aliphatic heterocycles. The van der Waals surface area contributed by atoms with Gasteiger partial charge < -0.3 is 4.57 Å². The fourth-order valence-electron chi connectivity index (χ4n) is 2.10. The molecule has 1 amide bonds. The molecule has 0 saturated heterocycles. The second-order valence-corrected chi connectivity index (χ2v) is 7.51. The zero-order valence-electron chi connectivity index (χ0n) is 12.0. The molecule has 0 spiro atoms. The number of hydrogen-bond donors (Lipinski definition) is 0. The summed E-state index contributed by atoms with van der Waals surface area (Å²) in [5.74, 6) is -0.214. The van der Waals surface area contributed by atoms with Gasteiger partial charge in [-0.2, -0.15) is 4.99 Å². The van der Waals surface area contributed by atoms with Gasteiger partial charge in [-0.05, 0) is 48.7 Å². The summed E-state index contributed by atoms with van der Waals surface area (Å²) >= 11 is 6.63. The first-order chi connectivity index (χ1) is 10.6. The van der Waals surface area contributed by atoms with E-state index in [1.54, 1.807) is 11.8 Å². The number of thiazole rings is 1. The average Bonchev–Trinajstić information content (AvgIpc) is 2.82. The Labute approximate surface area is 144 Å². The molecular formula is C16H13BrN2OS2. The Morgan fingerprint density at radius 1 is 1.23 bits per heavy atom. The lowest BCUT2D eigenvalue weighted by Gasteiger charge is -1.98. The van der Waals surface area contributed by atoms with Crippen LogP contribution >= 0.6 is 39.0 Å². The molecule has 3 rings (SSSR count). The molecule has 0 fully saturated rings. The van der Waals surface area contributed by atoms with Crippen LogP contribution in [0.2, 0.25) is 0 Å². The number of rotatable bonds is 2. The van der Waals surface area contributed by atoms with Gasteiger partial charge in [0.05, 0.1) is 10.2 Å². The second kappa shape index (κ2) is 6.40. The third-order valence-corrected chi connectivity index (χ3v) is 5.64. The number of aryl methyl sites for hydroxylation is 1. The summed E-state index contributed by atoms with van der Waals surface area (Å²) in [6, 6.07) is 13.6. The van der Waals surface area contributed by atoms with Crippen LogP contribution < -0.4 is 4.80 Å². The van der Waals surface area contributed by atoms with Crippen molar-refractivity contribution in [1.29, 1.82) is 0 Å². The lowest BCUT2D eigenvalue weighted by molar-refractivity contribution is 0.0998. The van der Waals surface area contributed by atoms with Gasteiger partial charge >= 0.3 is 0 Å². The quantitative estimate of drug-likeness (QED) is 0.603. The summed E-state index contributed by atoms with van der Waals surface area (Å²) in [5.41, 5.74) is 1.67. The number of carbonyl (C=O) groups excluding carboxylic acids is 1. The molecule has 3 nitrogen and oxygen atoms in total. The number of nitrogens with zero attached hydrogens (tertiary/aromatic N) is 2. The van der Waals surface area contributed by atoms with Gasteiger partial charge in [0.15, 0.2) is 4.80 Å². The Morgan fingerprint density at radius 2 is 1.95 bits per heavy atom. The van der Waals surface area contributed by atoms with Crippen molar-refractivity contribution in [1.82, 2.24) is 4.57 Å². The number of thioether (sulfide) groups is 1. The Morgan fingerprint density at radius 3 is 2.64 bits per heavy atom. The van der Waals surface area contributed by atoms with E-state index < -0.39 is 0 Å². The van der Waals surface area contributed by atoms with Gasteiger partial charge in [0.1, 0.15) is 0 Å². The summed E-state index contributed by atoms with van der Waals surface area (Å²) < 4.78 is 4.06. The molecule has 2 aromatic carbocycles. The van der Waals surface area contributed by atoms with Crippen LogP contribution in [0.4, 0.5) is 0 Å². The Hall–Kier alpha value is -1.37. The highest BCUT2D eigenvalue weighted by atomic mass is 79.9. The summed E-state index contributed by atoms with van der Waals surface area (Å²) in [4.78, 5) is 18.4. The molecule has 112 valence electrons. The van der Waals surface area contributed by atoms with Gasteiger partial charge in [-0.15, -0.1) is 11.8 Å². The maximum atomic E-state index is 12.3. The predicted octanol–water partition coefficient (Wildman–Crippen LogP) is 4.47. The van der Waals surface area contributed by atoms with E-state index >= 15 is 0 Å². The molecule has 1 aromatic heterocycles. The number of hydrogen-bond acceptors (Lipinski definition) is 3. The van der Waals surface area contributed by atoms with Gasteiger partial charge in [-0.25, -0.2) is 0 Å². The van der Waals surface area contributed by atoms with Crippen LogP contribution in [0.3, 0.4) is 0 Å². The second-order valence-electron chi connectivity index (χ2n) is 4.70. The summed E-state index contributed by atoms with van der Waals surface area (Å²) in [5, 5.41) is 0. The number of fused-ring (bicyclic) bond motifs is 1. The SMILES string of the molecule is CSc1ccc(C(=O)N=c2sc3cc(Br)ccc3n2C)cc1. The summed E-state index contributed by atoms with van der Waals surface area (Å²) in [6.45, 7) is 0. The van der Waals surface area contributed by atoms with E-state index in [9.17, 15) is 4.79 Å². The van der Waals surface area contributed by atoms with E-state index in [-0.39, 0.29) is 5.91 Å². The van der Waals surface area contributed by atoms with Crippen LogP contribution in [0.15, 0.2) is 56.8 Å². The molecule has 0 unspecified atom stereocenters. The normalized spacial score (nSPS) is 12.0. The maximum absolute atomic E-state index is 12.3. The number of benzene rings is 2. The molecule has 6 heteroatoms. The van der Waals surface area contributed by atoms with E-state index in [0.29, 0.717) is 10.4 Å². The predicted molar refractivity (Wildman–Crippen MR) is 96.6 cm³/mol. The molecule has 0 aliphatic carbocycles. The van der Waals surface area contributed by atoms with E-state index in [0.717, 1.165) is 19.6 Å². The highest BCUT2D eigenvalue weighted by molar-refractivity contribution is 9.10. The molecule has 22 heavy (non-hydrogen) atoms. The van der Waals surface area contributed by atoms with Crippen LogP contribution in [0.1, 0.15) is 10.4 Å². The summed E-state index contributed by atoms with van der Waals surface area (Å²) in [7, 11) is 1.93. The van der Waals surface area contributed by atoms with Gasteiger partial charge in [-0.3, -0.25) is 4.79 Å². The van der Waals surface area contributed by atoms with E-state index in [4.69, 9.17) is 0 Å². The van der Waals surface area contributed by atoms with Crippen molar-refractivity contribution in [3.8, 4) is 0 Å². The molecule has 3 aromatic rings. The van der Waals surface area contributed by atoms with E-state index in [1.807, 2.05) is 60.3 Å². The molecule has 0 saturated carbocycles. The monoisotopic (exact) mass is 392 g/mol. The first-order valence-electron chi connectivity index (χ1n) is 6.56. The van der Waals surface area contributed by atoms with Gasteiger partial charge in [0, 0.05) is 22.0 Å². The zero-order valence-corrected chi connectivity index (χ0v) is 15.3. The molecule has 0 aliphatic rings. The zero-order chi connectivity index (χ0) is 15.7. The lowest BCUT2D eigenvalue weighted by atomic mass is 10.2. The number of carbonyl (C=O) groups is 1. The van der Waals surface area contributed by atoms with Crippen LogP contribution in [0, 0.1) is 0 Å². The lowest BCUT2D eigenvalue weighted by Crippen LogP contribution is -2.13. The molecule has 0 bridgehead atoms. The van der Waals surface area contributed by atoms with Gasteiger partial charge in [-0.1, -0.05) is 27.3 Å². The van der Waals surface area contributed by atoms with Crippen molar-refractivity contribution >= 4 is 55.2 Å².